The molecule has 0 atom stereocenters. The number of hydrogen-bond acceptors (Lipinski definition) is 4. The molecule has 3 N–H and O–H groups in total. The number of imidazole rings is 1. The Hall–Kier alpha value is -1.95. The number of nitrogens with two attached hydrogens (primary N) is 1. The Balaban J connectivity index is 2.55. The van der Waals surface area contributed by atoms with Crippen molar-refractivity contribution in [3.63, 3.8) is 0 Å². The smallest absolute Gasteiger partial charge is 0.253 e. The minimum absolute atomic E-state index is 0.168. The van der Waals surface area contributed by atoms with Gasteiger partial charge in [0.15, 0.2) is 0 Å². The molecular weight excluding hydrogens is 206 g/mol. The average Bonchev–Trinajstić information content (AvgIpc) is 2.76. The van der Waals surface area contributed by atoms with E-state index < -0.39 is 0 Å². The lowest BCUT2D eigenvalue weighted by atomic mass is 10.4. The molecule has 0 bridgehead atoms. The fourth-order valence-corrected chi connectivity index (χ4v) is 1.48. The van der Waals surface area contributed by atoms with Crippen LogP contribution in [0.1, 0.15) is 18.6 Å². The van der Waals surface area contributed by atoms with Gasteiger partial charge in [-0.3, -0.25) is 9.36 Å². The van der Waals surface area contributed by atoms with Gasteiger partial charge in [-0.2, -0.15) is 0 Å². The van der Waals surface area contributed by atoms with Gasteiger partial charge in [0.1, 0.15) is 17.5 Å². The van der Waals surface area contributed by atoms with Crippen molar-refractivity contribution in [2.75, 3.05) is 0 Å². The predicted molar refractivity (Wildman–Crippen MR) is 59.2 cm³/mol. The van der Waals surface area contributed by atoms with E-state index in [9.17, 15) is 4.79 Å². The summed E-state index contributed by atoms with van der Waals surface area (Å²) in [7, 11) is 0. The molecule has 2 aromatic rings. The summed E-state index contributed by atoms with van der Waals surface area (Å²) in [6.45, 7) is 2.24. The van der Waals surface area contributed by atoms with Gasteiger partial charge in [-0.1, -0.05) is 6.92 Å². The standard InChI is InChI=1S/C10H13N5O/c1-2-7-13-8(5-10(16)14-7)15-4-3-12-9(15)6-11/h3-5H,2,6,11H2,1H3,(H,13,14,16). The summed E-state index contributed by atoms with van der Waals surface area (Å²) in [6, 6.07) is 1.43. The van der Waals surface area contributed by atoms with Gasteiger partial charge in [-0.25, -0.2) is 9.97 Å². The number of aromatic amines is 1. The Morgan fingerprint density at radius 2 is 2.38 bits per heavy atom. The van der Waals surface area contributed by atoms with Crippen LogP contribution >= 0.6 is 0 Å². The summed E-state index contributed by atoms with van der Waals surface area (Å²) in [5.74, 6) is 1.89. The Bertz CT molecular complexity index is 542. The maximum atomic E-state index is 11.4. The highest BCUT2D eigenvalue weighted by Gasteiger charge is 2.06. The molecule has 0 aliphatic carbocycles. The molecule has 0 fully saturated rings. The van der Waals surface area contributed by atoms with Crippen molar-refractivity contribution in [2.24, 2.45) is 5.73 Å². The molecule has 0 unspecified atom stereocenters. The van der Waals surface area contributed by atoms with Gasteiger partial charge in [-0.05, 0) is 0 Å². The van der Waals surface area contributed by atoms with E-state index >= 15 is 0 Å². The molecule has 0 saturated heterocycles. The van der Waals surface area contributed by atoms with E-state index in [1.54, 1.807) is 17.0 Å². The fourth-order valence-electron chi connectivity index (χ4n) is 1.48. The second-order valence-corrected chi connectivity index (χ2v) is 3.32. The molecule has 0 spiro atoms. The molecular formula is C10H13N5O. The number of rotatable bonds is 3. The quantitative estimate of drug-likeness (QED) is 0.759. The first-order chi connectivity index (χ1) is 7.74. The average molecular weight is 219 g/mol. The first-order valence-electron chi connectivity index (χ1n) is 5.07. The number of nitrogens with one attached hydrogen (secondary N) is 1. The first kappa shape index (κ1) is 10.6. The van der Waals surface area contributed by atoms with Crippen molar-refractivity contribution < 1.29 is 0 Å². The fraction of sp³-hybridized carbons (Fsp3) is 0.300. The summed E-state index contributed by atoms with van der Waals surface area (Å²) in [5.41, 5.74) is 5.38. The van der Waals surface area contributed by atoms with Crippen LogP contribution in [0.3, 0.4) is 0 Å². The molecule has 2 heterocycles. The van der Waals surface area contributed by atoms with Gasteiger partial charge in [-0.15, -0.1) is 0 Å². The first-order valence-corrected chi connectivity index (χ1v) is 5.07. The predicted octanol–water partition coefficient (Wildman–Crippen LogP) is -0.0233. The van der Waals surface area contributed by atoms with Gasteiger partial charge >= 0.3 is 0 Å². The van der Waals surface area contributed by atoms with E-state index in [2.05, 4.69) is 15.0 Å². The normalized spacial score (nSPS) is 10.6. The van der Waals surface area contributed by atoms with Crippen molar-refractivity contribution in [3.8, 4) is 5.82 Å². The molecule has 0 saturated carbocycles. The Kier molecular flexibility index (Phi) is 2.82. The highest BCUT2D eigenvalue weighted by molar-refractivity contribution is 5.23. The molecule has 16 heavy (non-hydrogen) atoms. The third-order valence-electron chi connectivity index (χ3n) is 2.26. The highest BCUT2D eigenvalue weighted by atomic mass is 16.1. The van der Waals surface area contributed by atoms with Crippen molar-refractivity contribution in [1.82, 2.24) is 19.5 Å². The Morgan fingerprint density at radius 3 is 3.06 bits per heavy atom. The zero-order chi connectivity index (χ0) is 11.5. The van der Waals surface area contributed by atoms with Crippen LogP contribution in [0.5, 0.6) is 0 Å². The van der Waals surface area contributed by atoms with E-state index in [1.807, 2.05) is 6.92 Å². The minimum Gasteiger partial charge on any atom is -0.324 e. The molecule has 0 aliphatic rings. The summed E-state index contributed by atoms with van der Waals surface area (Å²) in [6.07, 6.45) is 4.05. The molecule has 0 aromatic carbocycles. The van der Waals surface area contributed by atoms with Crippen molar-refractivity contribution in [1.29, 1.82) is 0 Å². The van der Waals surface area contributed by atoms with Crippen molar-refractivity contribution in [2.45, 2.75) is 19.9 Å². The maximum absolute atomic E-state index is 11.4. The van der Waals surface area contributed by atoms with Crippen LogP contribution in [0.25, 0.3) is 5.82 Å². The third-order valence-corrected chi connectivity index (χ3v) is 2.26. The molecule has 2 aromatic heterocycles. The summed E-state index contributed by atoms with van der Waals surface area (Å²) < 4.78 is 1.72. The summed E-state index contributed by atoms with van der Waals surface area (Å²) in [4.78, 5) is 22.5. The van der Waals surface area contributed by atoms with Crippen molar-refractivity contribution in [3.05, 3.63) is 40.5 Å². The number of aromatic nitrogens is 4. The van der Waals surface area contributed by atoms with Crippen LogP contribution in [0, 0.1) is 0 Å². The minimum atomic E-state index is -0.168. The van der Waals surface area contributed by atoms with Crippen LogP contribution in [0.15, 0.2) is 23.3 Å². The molecule has 0 aliphatic heterocycles. The lowest BCUT2D eigenvalue weighted by Gasteiger charge is -2.06. The van der Waals surface area contributed by atoms with Crippen LogP contribution in [0.2, 0.25) is 0 Å². The second-order valence-electron chi connectivity index (χ2n) is 3.32. The lowest BCUT2D eigenvalue weighted by Crippen LogP contribution is -2.15. The van der Waals surface area contributed by atoms with Crippen LogP contribution in [-0.2, 0) is 13.0 Å². The molecule has 0 amide bonds. The van der Waals surface area contributed by atoms with Gasteiger partial charge < -0.3 is 10.7 Å². The van der Waals surface area contributed by atoms with E-state index in [1.165, 1.54) is 6.07 Å². The van der Waals surface area contributed by atoms with E-state index in [0.717, 1.165) is 0 Å². The molecule has 84 valence electrons. The lowest BCUT2D eigenvalue weighted by molar-refractivity contribution is 0.817. The van der Waals surface area contributed by atoms with Crippen LogP contribution < -0.4 is 11.3 Å². The number of nitrogens with zero attached hydrogens (tertiary/aromatic N) is 3. The SMILES string of the molecule is CCc1nc(-n2ccnc2CN)cc(=O)[nH]1. The molecule has 0 radical (unpaired) electrons. The topological polar surface area (TPSA) is 89.6 Å². The number of hydrogen-bond donors (Lipinski definition) is 2. The third kappa shape index (κ3) is 1.87. The second kappa shape index (κ2) is 4.28. The van der Waals surface area contributed by atoms with Gasteiger partial charge in [0.2, 0.25) is 0 Å². The highest BCUT2D eigenvalue weighted by Crippen LogP contribution is 2.05. The van der Waals surface area contributed by atoms with E-state index in [0.29, 0.717) is 30.4 Å². The van der Waals surface area contributed by atoms with Gasteiger partial charge in [0.05, 0.1) is 6.54 Å². The molecule has 2 rings (SSSR count). The van der Waals surface area contributed by atoms with E-state index in [-0.39, 0.29) is 5.56 Å². The zero-order valence-electron chi connectivity index (χ0n) is 8.97. The Labute approximate surface area is 92.2 Å². The number of H-pyrrole nitrogens is 1. The van der Waals surface area contributed by atoms with Gasteiger partial charge in [0, 0.05) is 24.9 Å². The van der Waals surface area contributed by atoms with E-state index in [4.69, 9.17) is 5.73 Å². The summed E-state index contributed by atoms with van der Waals surface area (Å²) >= 11 is 0. The zero-order valence-corrected chi connectivity index (χ0v) is 8.97. The van der Waals surface area contributed by atoms with Crippen molar-refractivity contribution >= 4 is 0 Å². The summed E-state index contributed by atoms with van der Waals surface area (Å²) in [5, 5.41) is 0. The number of aryl methyl sites for hydroxylation is 1. The van der Waals surface area contributed by atoms with Gasteiger partial charge in [0.25, 0.3) is 5.56 Å². The molecule has 6 nitrogen and oxygen atoms in total. The Morgan fingerprint density at radius 1 is 1.56 bits per heavy atom. The van der Waals surface area contributed by atoms with Crippen LogP contribution in [0.4, 0.5) is 0 Å². The largest absolute Gasteiger partial charge is 0.324 e. The maximum Gasteiger partial charge on any atom is 0.253 e. The molecule has 6 heteroatoms. The van der Waals surface area contributed by atoms with Crippen LogP contribution in [-0.4, -0.2) is 19.5 Å². The monoisotopic (exact) mass is 219 g/mol.